The molecule has 0 N–H and O–H groups in total. The summed E-state index contributed by atoms with van der Waals surface area (Å²) >= 11 is 1.61. The average molecular weight is 655 g/mol. The smallest absolute Gasteiger partial charge is 0.790 e. The number of hydrogen-bond acceptors (Lipinski definition) is 9. The third-order valence-electron chi connectivity index (χ3n) is 6.87. The molecule has 0 radical (unpaired) electrons. The molecule has 12 heteroatoms. The SMILES string of the molecule is CCCCCCCCCCC(=O)O[C@H](COP(=O)([O-])[O-])CSCCCCCCCCCCCCCCCOC=O.[Na+].[Na+]. The molecule has 0 aromatic rings. The summed E-state index contributed by atoms with van der Waals surface area (Å²) in [6.45, 7) is 2.85. The van der Waals surface area contributed by atoms with Gasteiger partial charge in [0.25, 0.3) is 6.47 Å². The Kier molecular flexibility index (Phi) is 42.0. The molecule has 0 aliphatic rings. The van der Waals surface area contributed by atoms with Gasteiger partial charge in [-0.3, -0.25) is 9.59 Å². The van der Waals surface area contributed by atoms with Gasteiger partial charge in [0.2, 0.25) is 0 Å². The Morgan fingerprint density at radius 1 is 0.738 bits per heavy atom. The summed E-state index contributed by atoms with van der Waals surface area (Å²) < 4.78 is 25.4. The van der Waals surface area contributed by atoms with E-state index in [1.54, 1.807) is 11.8 Å². The summed E-state index contributed by atoms with van der Waals surface area (Å²) in [5.41, 5.74) is 0. The number of rotatable bonds is 32. The predicted octanol–water partition coefficient (Wildman–Crippen LogP) is 1.26. The molecule has 0 aliphatic heterocycles. The monoisotopic (exact) mass is 654 g/mol. The van der Waals surface area contributed by atoms with E-state index in [-0.39, 0.29) is 65.1 Å². The fourth-order valence-electron chi connectivity index (χ4n) is 4.54. The van der Waals surface area contributed by atoms with Crippen LogP contribution in [0.5, 0.6) is 0 Å². The van der Waals surface area contributed by atoms with Gasteiger partial charge in [-0.2, -0.15) is 11.8 Å². The molecule has 0 aliphatic carbocycles. The number of ether oxygens (including phenoxy) is 2. The van der Waals surface area contributed by atoms with Crippen LogP contribution in [0.25, 0.3) is 0 Å². The number of hydrogen-bond donors (Lipinski definition) is 0. The van der Waals surface area contributed by atoms with Crippen LogP contribution in [0.3, 0.4) is 0 Å². The largest absolute Gasteiger partial charge is 1.00 e. The predicted molar refractivity (Wildman–Crippen MR) is 160 cm³/mol. The second-order valence-corrected chi connectivity index (χ2v) is 13.0. The second kappa shape index (κ2) is 36.9. The van der Waals surface area contributed by atoms with Crippen molar-refractivity contribution >= 4 is 32.0 Å². The van der Waals surface area contributed by atoms with Crippen molar-refractivity contribution in [3.63, 3.8) is 0 Å². The Balaban J connectivity index is -0.00000760. The molecule has 0 aromatic carbocycles. The van der Waals surface area contributed by atoms with Crippen LogP contribution in [0.4, 0.5) is 0 Å². The van der Waals surface area contributed by atoms with Crippen LogP contribution in [-0.2, 0) is 28.2 Å². The maximum absolute atomic E-state index is 12.2. The molecule has 0 fully saturated rings. The molecular weight excluding hydrogens is 597 g/mol. The third-order valence-corrected chi connectivity index (χ3v) is 8.52. The van der Waals surface area contributed by atoms with Crippen LogP contribution in [0.2, 0.25) is 0 Å². The standard InChI is InChI=1S/C30H59O8PS.2Na/c1-2-3-4-5-6-14-17-20-23-30(32)38-29(26-37-39(33,34)35)27-40-25-22-19-16-13-11-9-7-8-10-12-15-18-21-24-36-28-31;;/h28-29H,2-27H2,1H3,(H2,33,34,35);;/q;2*+1/p-2/t29-;;/m1../s1. The Bertz CT molecular complexity index is 628. The molecule has 0 heterocycles. The number of phosphoric ester groups is 1. The first-order valence-electron chi connectivity index (χ1n) is 15.9. The molecule has 1 atom stereocenters. The molecule has 0 unspecified atom stereocenters. The van der Waals surface area contributed by atoms with Crippen molar-refractivity contribution < 1.29 is 97.1 Å². The van der Waals surface area contributed by atoms with Gasteiger partial charge in [0, 0.05) is 12.2 Å². The van der Waals surface area contributed by atoms with Crippen molar-refractivity contribution in [2.24, 2.45) is 0 Å². The van der Waals surface area contributed by atoms with Crippen molar-refractivity contribution in [3.8, 4) is 0 Å². The number of esters is 1. The molecule has 0 saturated carbocycles. The van der Waals surface area contributed by atoms with Crippen LogP contribution in [0, 0.1) is 0 Å². The molecule has 0 amide bonds. The van der Waals surface area contributed by atoms with Crippen LogP contribution < -0.4 is 68.9 Å². The van der Waals surface area contributed by atoms with Crippen LogP contribution in [-0.4, -0.2) is 43.3 Å². The molecule has 238 valence electrons. The van der Waals surface area contributed by atoms with Gasteiger partial charge in [0.15, 0.2) is 0 Å². The summed E-state index contributed by atoms with van der Waals surface area (Å²) in [7, 11) is -5.10. The van der Waals surface area contributed by atoms with Crippen molar-refractivity contribution in [2.45, 2.75) is 154 Å². The fourth-order valence-corrected chi connectivity index (χ4v) is 5.89. The van der Waals surface area contributed by atoms with E-state index in [2.05, 4.69) is 16.2 Å². The molecule has 8 nitrogen and oxygen atoms in total. The minimum atomic E-state index is -5.10. The van der Waals surface area contributed by atoms with Gasteiger partial charge in [0.1, 0.15) is 6.10 Å². The minimum absolute atomic E-state index is 0. The van der Waals surface area contributed by atoms with Crippen LogP contribution >= 0.6 is 19.6 Å². The van der Waals surface area contributed by atoms with Gasteiger partial charge in [-0.25, -0.2) is 0 Å². The third kappa shape index (κ3) is 39.4. The molecule has 0 aromatic heterocycles. The molecule has 0 saturated heterocycles. The quantitative estimate of drug-likeness (QED) is 0.0347. The van der Waals surface area contributed by atoms with E-state index in [4.69, 9.17) is 4.74 Å². The number of thioether (sulfide) groups is 1. The van der Waals surface area contributed by atoms with E-state index < -0.39 is 20.5 Å². The van der Waals surface area contributed by atoms with Crippen molar-refractivity contribution in [3.05, 3.63) is 0 Å². The summed E-state index contributed by atoms with van der Waals surface area (Å²) in [6, 6.07) is 0. The molecule has 0 bridgehead atoms. The zero-order valence-electron chi connectivity index (χ0n) is 27.2. The number of carbonyl (C=O) groups excluding carboxylic acids is 2. The Morgan fingerprint density at radius 3 is 1.67 bits per heavy atom. The van der Waals surface area contributed by atoms with Crippen molar-refractivity contribution in [2.75, 3.05) is 24.7 Å². The van der Waals surface area contributed by atoms with Gasteiger partial charge in [-0.15, -0.1) is 0 Å². The average Bonchev–Trinajstić information content (AvgIpc) is 2.92. The fraction of sp³-hybridized carbons (Fsp3) is 0.933. The maximum Gasteiger partial charge on any atom is 1.00 e. The first-order chi connectivity index (χ1) is 19.4. The summed E-state index contributed by atoms with van der Waals surface area (Å²) in [4.78, 5) is 44.1. The molecule has 42 heavy (non-hydrogen) atoms. The number of carbonyl (C=O) groups is 2. The van der Waals surface area contributed by atoms with Crippen LogP contribution in [0.1, 0.15) is 148 Å². The van der Waals surface area contributed by atoms with Crippen molar-refractivity contribution in [1.82, 2.24) is 0 Å². The van der Waals surface area contributed by atoms with Crippen LogP contribution in [0.15, 0.2) is 0 Å². The summed E-state index contributed by atoms with van der Waals surface area (Å²) in [6.07, 6.45) is 24.3. The van der Waals surface area contributed by atoms with E-state index in [1.807, 2.05) is 0 Å². The zero-order valence-corrected chi connectivity index (χ0v) is 32.9. The normalized spacial score (nSPS) is 11.8. The summed E-state index contributed by atoms with van der Waals surface area (Å²) in [5, 5.41) is 0. The Labute approximate surface area is 305 Å². The van der Waals surface area contributed by atoms with E-state index in [0.717, 1.165) is 50.7 Å². The van der Waals surface area contributed by atoms with E-state index in [1.165, 1.54) is 89.9 Å². The van der Waals surface area contributed by atoms with E-state index in [9.17, 15) is 23.9 Å². The van der Waals surface area contributed by atoms with Gasteiger partial charge in [0.05, 0.1) is 21.0 Å². The van der Waals surface area contributed by atoms with Gasteiger partial charge >= 0.3 is 65.1 Å². The Morgan fingerprint density at radius 2 is 1.19 bits per heavy atom. The number of unbranched alkanes of at least 4 members (excludes halogenated alkanes) is 19. The van der Waals surface area contributed by atoms with Gasteiger partial charge in [-0.1, -0.05) is 122 Å². The minimum Gasteiger partial charge on any atom is -0.790 e. The molecule has 0 rings (SSSR count). The number of phosphoric acid groups is 1. The first kappa shape index (κ1) is 47.8. The Hall–Kier alpha value is 1.40. The molecule has 0 spiro atoms. The zero-order chi connectivity index (χ0) is 29.6. The van der Waals surface area contributed by atoms with E-state index in [0.29, 0.717) is 25.3 Å². The topological polar surface area (TPSA) is 125 Å². The maximum atomic E-state index is 12.2. The first-order valence-corrected chi connectivity index (χ1v) is 18.5. The second-order valence-electron chi connectivity index (χ2n) is 10.7. The molecular formula is C30H57Na2O8PS. The van der Waals surface area contributed by atoms with Crippen molar-refractivity contribution in [1.29, 1.82) is 0 Å². The van der Waals surface area contributed by atoms with Gasteiger partial charge in [-0.05, 0) is 25.0 Å². The van der Waals surface area contributed by atoms with Gasteiger partial charge < -0.3 is 28.3 Å². The van der Waals surface area contributed by atoms with E-state index >= 15 is 0 Å². The summed E-state index contributed by atoms with van der Waals surface area (Å²) in [5.74, 6) is 0.975.